The van der Waals surface area contributed by atoms with Gasteiger partial charge in [0.15, 0.2) is 0 Å². The van der Waals surface area contributed by atoms with Crippen molar-refractivity contribution in [3.05, 3.63) is 32.2 Å². The Kier molecular flexibility index (Phi) is 5.87. The van der Waals surface area contributed by atoms with E-state index >= 15 is 0 Å². The zero-order valence-corrected chi connectivity index (χ0v) is 14.9. The van der Waals surface area contributed by atoms with Gasteiger partial charge in [-0.05, 0) is 41.2 Å². The first-order valence-corrected chi connectivity index (χ1v) is 8.47. The summed E-state index contributed by atoms with van der Waals surface area (Å²) in [5, 5.41) is 8.62. The van der Waals surface area contributed by atoms with E-state index in [0.717, 1.165) is 11.8 Å². The molecule has 22 heavy (non-hydrogen) atoms. The van der Waals surface area contributed by atoms with E-state index in [0.29, 0.717) is 19.2 Å². The highest BCUT2D eigenvalue weighted by Gasteiger charge is 2.32. The molecular weight excluding hydrogens is 442 g/mol. The molecule has 1 aromatic rings. The lowest BCUT2D eigenvalue weighted by Crippen LogP contribution is -2.29. The minimum absolute atomic E-state index is 0.0365. The number of carbonyl (C=O) groups is 2. The van der Waals surface area contributed by atoms with Gasteiger partial charge in [0.25, 0.3) is 5.91 Å². The summed E-state index contributed by atoms with van der Waals surface area (Å²) in [6.45, 7) is 0.237. The van der Waals surface area contributed by atoms with E-state index in [1.54, 1.807) is 6.07 Å². The average molecular weight is 452 g/mol. The summed E-state index contributed by atoms with van der Waals surface area (Å²) in [5.41, 5.74) is 0.245. The van der Waals surface area contributed by atoms with Crippen molar-refractivity contribution in [3.63, 3.8) is 0 Å². The van der Waals surface area contributed by atoms with Crippen LogP contribution in [0.2, 0.25) is 0 Å². The minimum Gasteiger partial charge on any atom is -0.481 e. The van der Waals surface area contributed by atoms with Crippen molar-refractivity contribution in [3.8, 4) is 0 Å². The summed E-state index contributed by atoms with van der Waals surface area (Å²) in [6.07, 6.45) is 3.06. The summed E-state index contributed by atoms with van der Waals surface area (Å²) >= 11 is 8.16. The fourth-order valence-electron chi connectivity index (χ4n) is 1.77. The predicted octanol–water partition coefficient (Wildman–Crippen LogP) is 2.89. The van der Waals surface area contributed by atoms with Crippen LogP contribution in [0.25, 0.3) is 6.08 Å². The van der Waals surface area contributed by atoms with Crippen LogP contribution in [-0.2, 0) is 9.59 Å². The molecule has 0 aromatic carbocycles. The first-order chi connectivity index (χ1) is 10.4. The van der Waals surface area contributed by atoms with E-state index in [-0.39, 0.29) is 24.4 Å². The van der Waals surface area contributed by atoms with Gasteiger partial charge in [-0.1, -0.05) is 24.0 Å². The lowest BCUT2D eigenvalue weighted by atomic mass is 10.2. The van der Waals surface area contributed by atoms with Gasteiger partial charge < -0.3 is 5.11 Å². The summed E-state index contributed by atoms with van der Waals surface area (Å²) in [5.74, 6) is -1.91. The van der Waals surface area contributed by atoms with Gasteiger partial charge in [-0.15, -0.1) is 0 Å². The van der Waals surface area contributed by atoms with Crippen molar-refractivity contribution < 1.29 is 19.1 Å². The van der Waals surface area contributed by atoms with E-state index < -0.39 is 11.9 Å². The second-order valence-electron chi connectivity index (χ2n) is 4.33. The maximum Gasteiger partial charge on any atom is 0.303 e. The van der Waals surface area contributed by atoms with E-state index in [1.807, 2.05) is 22.6 Å². The van der Waals surface area contributed by atoms with Crippen LogP contribution in [0, 0.1) is 9.52 Å². The molecule has 0 unspecified atom stereocenters. The lowest BCUT2D eigenvalue weighted by molar-refractivity contribution is -0.137. The molecule has 1 aliphatic rings. The van der Waals surface area contributed by atoms with Crippen molar-refractivity contribution >= 4 is 68.8 Å². The van der Waals surface area contributed by atoms with Crippen molar-refractivity contribution in [2.75, 3.05) is 6.54 Å². The van der Waals surface area contributed by atoms with E-state index in [2.05, 4.69) is 4.98 Å². The molecule has 2 rings (SSSR count). The lowest BCUT2D eigenvalue weighted by Gasteiger charge is -2.13. The number of carboxylic acids is 1. The van der Waals surface area contributed by atoms with E-state index in [9.17, 15) is 14.0 Å². The van der Waals surface area contributed by atoms with Crippen LogP contribution in [-0.4, -0.2) is 37.7 Å². The SMILES string of the molecule is O=C(O)CCCN1C(=O)C(=Cc2c(I)ccnc2F)SC1=S. The average Bonchev–Trinajstić information content (AvgIpc) is 2.70. The number of hydrogen-bond donors (Lipinski definition) is 1. The summed E-state index contributed by atoms with van der Waals surface area (Å²) in [7, 11) is 0. The number of carboxylic acid groups (broad SMARTS) is 1. The van der Waals surface area contributed by atoms with Gasteiger partial charge in [0, 0.05) is 28.3 Å². The van der Waals surface area contributed by atoms with Crippen LogP contribution < -0.4 is 0 Å². The molecule has 0 saturated carbocycles. The molecule has 1 N–H and O–H groups in total. The Labute approximate surface area is 149 Å². The third kappa shape index (κ3) is 4.02. The van der Waals surface area contributed by atoms with Crippen LogP contribution in [0.4, 0.5) is 4.39 Å². The molecule has 1 amide bonds. The van der Waals surface area contributed by atoms with Gasteiger partial charge in [0.05, 0.1) is 4.91 Å². The zero-order chi connectivity index (χ0) is 16.3. The number of thioether (sulfide) groups is 1. The number of aliphatic carboxylic acids is 1. The third-order valence-corrected chi connectivity index (χ3v) is 5.13. The number of aromatic nitrogens is 1. The molecular formula is C13H10FIN2O3S2. The molecule has 0 spiro atoms. The molecule has 2 heterocycles. The molecule has 0 radical (unpaired) electrons. The third-order valence-electron chi connectivity index (χ3n) is 2.81. The zero-order valence-electron chi connectivity index (χ0n) is 11.1. The Morgan fingerprint density at radius 3 is 2.95 bits per heavy atom. The Balaban J connectivity index is 2.17. The molecule has 9 heteroatoms. The number of nitrogens with zero attached hydrogens (tertiary/aromatic N) is 2. The fourth-order valence-corrected chi connectivity index (χ4v) is 3.60. The molecule has 1 saturated heterocycles. The van der Waals surface area contributed by atoms with Crippen molar-refractivity contribution in [1.29, 1.82) is 0 Å². The van der Waals surface area contributed by atoms with Gasteiger partial charge in [0.2, 0.25) is 5.95 Å². The van der Waals surface area contributed by atoms with Gasteiger partial charge in [-0.25, -0.2) is 4.98 Å². The number of rotatable bonds is 5. The quantitative estimate of drug-likeness (QED) is 0.321. The number of thiocarbonyl (C=S) groups is 1. The highest BCUT2D eigenvalue weighted by Crippen LogP contribution is 2.33. The monoisotopic (exact) mass is 452 g/mol. The first kappa shape index (κ1) is 17.3. The number of hydrogen-bond acceptors (Lipinski definition) is 5. The standard InChI is InChI=1S/C13H10FIN2O3S2/c14-11-7(8(15)3-4-16-11)6-9-12(20)17(13(21)22-9)5-1-2-10(18)19/h3-4,6H,1-2,5H2,(H,18,19). The summed E-state index contributed by atoms with van der Waals surface area (Å²) in [4.78, 5) is 28.0. The number of amides is 1. The molecule has 1 aromatic heterocycles. The molecule has 0 aliphatic carbocycles. The Hall–Kier alpha value is -1.07. The van der Waals surface area contributed by atoms with Crippen molar-refractivity contribution in [2.24, 2.45) is 0 Å². The first-order valence-electron chi connectivity index (χ1n) is 6.17. The van der Waals surface area contributed by atoms with Crippen LogP contribution >= 0.6 is 46.6 Å². The van der Waals surface area contributed by atoms with Gasteiger partial charge >= 0.3 is 5.97 Å². The van der Waals surface area contributed by atoms with Gasteiger partial charge in [0.1, 0.15) is 4.32 Å². The van der Waals surface area contributed by atoms with Crippen LogP contribution in [0.1, 0.15) is 18.4 Å². The fraction of sp³-hybridized carbons (Fsp3) is 0.231. The molecule has 116 valence electrons. The maximum absolute atomic E-state index is 13.7. The molecule has 5 nitrogen and oxygen atoms in total. The van der Waals surface area contributed by atoms with Crippen molar-refractivity contribution in [1.82, 2.24) is 9.88 Å². The summed E-state index contributed by atoms with van der Waals surface area (Å²) < 4.78 is 14.7. The van der Waals surface area contributed by atoms with Crippen LogP contribution in [0.5, 0.6) is 0 Å². The molecule has 1 fully saturated rings. The Morgan fingerprint density at radius 1 is 1.59 bits per heavy atom. The largest absolute Gasteiger partial charge is 0.481 e. The smallest absolute Gasteiger partial charge is 0.303 e. The second kappa shape index (κ2) is 7.47. The second-order valence-corrected chi connectivity index (χ2v) is 7.17. The van der Waals surface area contributed by atoms with Crippen molar-refractivity contribution in [2.45, 2.75) is 12.8 Å². The Morgan fingerprint density at radius 2 is 2.32 bits per heavy atom. The van der Waals surface area contributed by atoms with E-state index in [1.165, 1.54) is 17.2 Å². The minimum atomic E-state index is -0.923. The highest BCUT2D eigenvalue weighted by atomic mass is 127. The molecule has 0 bridgehead atoms. The van der Waals surface area contributed by atoms with Crippen LogP contribution in [0.15, 0.2) is 17.2 Å². The maximum atomic E-state index is 13.7. The predicted molar refractivity (Wildman–Crippen MR) is 93.7 cm³/mol. The van der Waals surface area contributed by atoms with Crippen LogP contribution in [0.3, 0.4) is 0 Å². The topological polar surface area (TPSA) is 70.5 Å². The molecule has 0 atom stereocenters. The van der Waals surface area contributed by atoms with Gasteiger partial charge in [-0.3, -0.25) is 14.5 Å². The highest BCUT2D eigenvalue weighted by molar-refractivity contribution is 14.1. The van der Waals surface area contributed by atoms with Gasteiger partial charge in [-0.2, -0.15) is 4.39 Å². The van der Waals surface area contributed by atoms with E-state index in [4.69, 9.17) is 17.3 Å². The Bertz CT molecular complexity index is 661. The normalized spacial score (nSPS) is 16.6. The number of carbonyl (C=O) groups excluding carboxylic acids is 1. The summed E-state index contributed by atoms with van der Waals surface area (Å²) in [6, 6.07) is 1.64. The molecule has 1 aliphatic heterocycles. The number of halogens is 2. The number of pyridine rings is 1.